The molecule has 0 aromatic carbocycles. The molecule has 0 spiro atoms. The molecule has 0 bridgehead atoms. The number of hydrogen-bond acceptors (Lipinski definition) is 5. The van der Waals surface area contributed by atoms with Gasteiger partial charge in [0, 0.05) is 12.7 Å². The van der Waals surface area contributed by atoms with Crippen LogP contribution in [0.5, 0.6) is 0 Å². The van der Waals surface area contributed by atoms with Gasteiger partial charge in [-0.25, -0.2) is 0 Å². The summed E-state index contributed by atoms with van der Waals surface area (Å²) in [5.41, 5.74) is -2.12. The minimum Gasteiger partial charge on any atom is -0.393 e. The number of carbonyl (C=O) groups excluding carboxylic acids is 1. The molecule has 2 unspecified atom stereocenters. The zero-order valence-electron chi connectivity index (χ0n) is 21.5. The van der Waals surface area contributed by atoms with Crippen molar-refractivity contribution in [2.45, 2.75) is 116 Å². The van der Waals surface area contributed by atoms with E-state index >= 15 is 0 Å². The van der Waals surface area contributed by atoms with E-state index in [-0.39, 0.29) is 29.5 Å². The first-order valence-corrected chi connectivity index (χ1v) is 12.6. The van der Waals surface area contributed by atoms with Gasteiger partial charge in [0.2, 0.25) is 0 Å². The van der Waals surface area contributed by atoms with Crippen molar-refractivity contribution in [3.63, 3.8) is 0 Å². The lowest BCUT2D eigenvalue weighted by Crippen LogP contribution is -2.59. The second-order valence-electron chi connectivity index (χ2n) is 12.5. The number of aliphatic hydroxyl groups excluding tert-OH is 2. The molecule has 0 amide bonds. The van der Waals surface area contributed by atoms with Crippen molar-refractivity contribution in [1.82, 2.24) is 0 Å². The number of hydrogen-bond donors (Lipinski definition) is 4. The van der Waals surface area contributed by atoms with Crippen LogP contribution in [0.4, 0.5) is 0 Å². The Morgan fingerprint density at radius 1 is 1.22 bits per heavy atom. The summed E-state index contributed by atoms with van der Waals surface area (Å²) in [4.78, 5) is 13.3. The molecule has 0 aromatic heterocycles. The first-order chi connectivity index (χ1) is 15.1. The van der Waals surface area contributed by atoms with Gasteiger partial charge < -0.3 is 20.4 Å². The van der Waals surface area contributed by atoms with Crippen molar-refractivity contribution in [1.29, 1.82) is 0 Å². The molecular weight excluding hydrogens is 404 g/mol. The Morgan fingerprint density at radius 2 is 1.91 bits per heavy atom. The Kier molecular flexibility index (Phi) is 5.68. The predicted octanol–water partition coefficient (Wildman–Crippen LogP) is 3.77. The third-order valence-corrected chi connectivity index (χ3v) is 10.2. The maximum absolute atomic E-state index is 13.3. The van der Waals surface area contributed by atoms with Gasteiger partial charge in [-0.3, -0.25) is 4.79 Å². The third-order valence-electron chi connectivity index (χ3n) is 10.2. The molecule has 5 nitrogen and oxygen atoms in total. The van der Waals surface area contributed by atoms with Crippen molar-refractivity contribution < 1.29 is 26.6 Å². The van der Waals surface area contributed by atoms with E-state index in [1.807, 2.05) is 6.92 Å². The largest absolute Gasteiger partial charge is 0.393 e. The number of allylic oxidation sites excluding steroid dienone is 1. The highest BCUT2D eigenvalue weighted by Crippen LogP contribution is 2.68. The lowest BCUT2D eigenvalue weighted by molar-refractivity contribution is -0.142. The molecule has 182 valence electrons. The number of carbonyl (C=O) groups is 1. The van der Waals surface area contributed by atoms with Crippen LogP contribution in [0.2, 0.25) is 0 Å². The molecule has 5 heteroatoms. The van der Waals surface area contributed by atoms with Gasteiger partial charge in [0.05, 0.1) is 23.4 Å². The summed E-state index contributed by atoms with van der Waals surface area (Å²) in [6.45, 7) is 9.74. The Hall–Kier alpha value is -0.750. The maximum atomic E-state index is 13.3. The molecule has 4 rings (SSSR count). The highest BCUT2D eigenvalue weighted by Gasteiger charge is 2.66. The van der Waals surface area contributed by atoms with E-state index in [2.05, 4.69) is 13.8 Å². The summed E-state index contributed by atoms with van der Waals surface area (Å²) < 4.78 is 8.82. The third kappa shape index (κ3) is 3.62. The van der Waals surface area contributed by atoms with Gasteiger partial charge >= 0.3 is 0 Å². The SMILES string of the molecule is [2H]C1C[C@H](O)C[C@H]2C(=O)C=C3[C@H](CC[C@]4(C)[C@@H]([C@H](C)[C@H](O)CCC(C)(C)O)CCC34O)[C@@]12C. The summed E-state index contributed by atoms with van der Waals surface area (Å²) in [6.07, 6.45) is 4.78. The van der Waals surface area contributed by atoms with Crippen LogP contribution in [-0.2, 0) is 4.79 Å². The van der Waals surface area contributed by atoms with Crippen molar-refractivity contribution >= 4 is 5.78 Å². The van der Waals surface area contributed by atoms with Gasteiger partial charge in [0.25, 0.3) is 0 Å². The minimum atomic E-state index is -1.11. The molecule has 0 aromatic rings. The Bertz CT molecular complexity index is 820. The summed E-state index contributed by atoms with van der Waals surface area (Å²) in [6, 6.07) is 0. The number of rotatable bonds is 5. The lowest BCUT2D eigenvalue weighted by atomic mass is 9.46. The highest BCUT2D eigenvalue weighted by molar-refractivity contribution is 5.95. The van der Waals surface area contributed by atoms with Crippen LogP contribution in [0.1, 0.15) is 93.8 Å². The molecule has 0 radical (unpaired) electrons. The maximum Gasteiger partial charge on any atom is 0.159 e. The van der Waals surface area contributed by atoms with Gasteiger partial charge in [0.1, 0.15) is 0 Å². The van der Waals surface area contributed by atoms with Crippen LogP contribution >= 0.6 is 0 Å². The fourth-order valence-corrected chi connectivity index (χ4v) is 7.99. The molecule has 3 saturated carbocycles. The average Bonchev–Trinajstić information content (AvgIpc) is 2.99. The number of aliphatic hydroxyl groups is 4. The van der Waals surface area contributed by atoms with Gasteiger partial charge in [0.15, 0.2) is 5.78 Å². The Balaban J connectivity index is 1.64. The van der Waals surface area contributed by atoms with E-state index in [1.54, 1.807) is 19.9 Å². The fraction of sp³-hybridized carbons (Fsp3) is 0.889. The summed E-state index contributed by atoms with van der Waals surface area (Å²) in [5.74, 6) is -0.339. The molecule has 4 N–H and O–H groups in total. The zero-order valence-corrected chi connectivity index (χ0v) is 20.5. The van der Waals surface area contributed by atoms with E-state index in [1.165, 1.54) is 0 Å². The quantitative estimate of drug-likeness (QED) is 0.512. The highest BCUT2D eigenvalue weighted by atomic mass is 16.3. The normalized spacial score (nSPS) is 48.8. The van der Waals surface area contributed by atoms with E-state index in [9.17, 15) is 25.2 Å². The fourth-order valence-electron chi connectivity index (χ4n) is 7.99. The molecular formula is C27H44O5. The van der Waals surface area contributed by atoms with Crippen LogP contribution in [0, 0.1) is 34.5 Å². The van der Waals surface area contributed by atoms with Crippen molar-refractivity contribution in [2.24, 2.45) is 34.5 Å². The van der Waals surface area contributed by atoms with E-state index in [0.29, 0.717) is 32.1 Å². The van der Waals surface area contributed by atoms with Crippen LogP contribution in [-0.4, -0.2) is 49.6 Å². The van der Waals surface area contributed by atoms with Gasteiger partial charge in [-0.2, -0.15) is 0 Å². The molecule has 10 atom stereocenters. The zero-order chi connectivity index (χ0) is 24.6. The second kappa shape index (κ2) is 7.90. The average molecular weight is 450 g/mol. The smallest absolute Gasteiger partial charge is 0.159 e. The molecule has 3 fully saturated rings. The molecule has 32 heavy (non-hydrogen) atoms. The molecule has 0 saturated heterocycles. The van der Waals surface area contributed by atoms with Crippen LogP contribution in [0.3, 0.4) is 0 Å². The first kappa shape index (κ1) is 23.0. The standard InChI is InChI=1S/C27H44O5/c1-16(22(29)9-10-24(2,3)31)18-8-13-27(32)20-15-23(30)21-14-17(28)6-11-25(21,4)19(20)7-12-26(18,27)5/h15-19,21-22,28-29,31-32H,6-14H2,1-5H3/t16-,17-,18+,19-,21-,22+,25+,26+,27?/m0/s1/i11D/t11?,16-,17-,18+,19-,21-,22+,25+,26+,27?. The summed E-state index contributed by atoms with van der Waals surface area (Å²) >= 11 is 0. The minimum absolute atomic E-state index is 0.0255. The predicted molar refractivity (Wildman–Crippen MR) is 124 cm³/mol. The number of fused-ring (bicyclic) bond motifs is 5. The molecule has 4 aliphatic rings. The van der Waals surface area contributed by atoms with E-state index in [0.717, 1.165) is 24.8 Å². The van der Waals surface area contributed by atoms with Crippen LogP contribution in [0.25, 0.3) is 0 Å². The van der Waals surface area contributed by atoms with E-state index in [4.69, 9.17) is 1.37 Å². The Morgan fingerprint density at radius 3 is 2.56 bits per heavy atom. The second-order valence-corrected chi connectivity index (χ2v) is 12.5. The number of ketones is 1. The van der Waals surface area contributed by atoms with E-state index < -0.39 is 40.6 Å². The Labute approximate surface area is 194 Å². The summed E-state index contributed by atoms with van der Waals surface area (Å²) in [5, 5.41) is 43.5. The van der Waals surface area contributed by atoms with Gasteiger partial charge in [-0.15, -0.1) is 0 Å². The lowest BCUT2D eigenvalue weighted by Gasteiger charge is -2.59. The van der Waals surface area contributed by atoms with Crippen molar-refractivity contribution in [2.75, 3.05) is 0 Å². The van der Waals surface area contributed by atoms with Crippen LogP contribution in [0.15, 0.2) is 11.6 Å². The van der Waals surface area contributed by atoms with Gasteiger partial charge in [-0.1, -0.05) is 20.8 Å². The van der Waals surface area contributed by atoms with Crippen molar-refractivity contribution in [3.8, 4) is 0 Å². The molecule has 0 heterocycles. The molecule has 4 aliphatic carbocycles. The summed E-state index contributed by atoms with van der Waals surface area (Å²) in [7, 11) is 0. The van der Waals surface area contributed by atoms with Crippen molar-refractivity contribution in [3.05, 3.63) is 11.6 Å². The topological polar surface area (TPSA) is 98.0 Å². The van der Waals surface area contributed by atoms with Crippen LogP contribution < -0.4 is 0 Å². The molecule has 0 aliphatic heterocycles. The van der Waals surface area contributed by atoms with Gasteiger partial charge in [-0.05, 0) is 106 Å². The monoisotopic (exact) mass is 449 g/mol. The first-order valence-electron chi connectivity index (χ1n) is 13.2.